The molecule has 1 N–H and O–H groups in total. The van der Waals surface area contributed by atoms with E-state index in [1.54, 1.807) is 35.7 Å². The largest absolute Gasteiger partial charge is 0.508 e. The van der Waals surface area contributed by atoms with Gasteiger partial charge in [-0.3, -0.25) is 9.36 Å². The predicted molar refractivity (Wildman–Crippen MR) is 92.3 cm³/mol. The number of phenols is 1. The Morgan fingerprint density at radius 1 is 1.08 bits per heavy atom. The second kappa shape index (κ2) is 5.58. The van der Waals surface area contributed by atoms with Gasteiger partial charge in [0.15, 0.2) is 0 Å². The van der Waals surface area contributed by atoms with Gasteiger partial charge in [-0.15, -0.1) is 11.3 Å². The third-order valence-electron chi connectivity index (χ3n) is 3.75. The number of aromatic hydroxyl groups is 1. The van der Waals surface area contributed by atoms with E-state index in [0.29, 0.717) is 27.0 Å². The van der Waals surface area contributed by atoms with Gasteiger partial charge in [-0.05, 0) is 18.2 Å². The van der Waals surface area contributed by atoms with E-state index < -0.39 is 0 Å². The Bertz CT molecular complexity index is 1120. The summed E-state index contributed by atoms with van der Waals surface area (Å²) in [7, 11) is 0. The molecule has 0 atom stereocenters. The average Bonchev–Trinajstić information content (AvgIpc) is 3.00. The summed E-state index contributed by atoms with van der Waals surface area (Å²) in [5, 5.41) is 11.3. The molecule has 0 aliphatic carbocycles. The van der Waals surface area contributed by atoms with Crippen LogP contribution in [0, 0.1) is 5.82 Å². The van der Waals surface area contributed by atoms with Crippen molar-refractivity contribution in [3.8, 4) is 22.6 Å². The lowest BCUT2D eigenvalue weighted by atomic mass is 10.1. The standard InChI is InChI=1S/C18H11FN2O2S/c19-15-7-2-1-6-13(15)14-9-24-17-16(14)20-10-21(18(17)23)11-4-3-5-12(22)8-11/h1-10,22H. The average molecular weight is 338 g/mol. The SMILES string of the molecule is O=c1c2scc(-c3ccccc3F)c2ncn1-c1cccc(O)c1. The number of nitrogens with zero attached hydrogens (tertiary/aromatic N) is 2. The first-order chi connectivity index (χ1) is 11.6. The fraction of sp³-hybridized carbons (Fsp3) is 0. The van der Waals surface area contributed by atoms with Crippen LogP contribution in [0.4, 0.5) is 4.39 Å². The van der Waals surface area contributed by atoms with Gasteiger partial charge < -0.3 is 5.11 Å². The zero-order valence-corrected chi connectivity index (χ0v) is 13.1. The van der Waals surface area contributed by atoms with Gasteiger partial charge >= 0.3 is 0 Å². The Balaban J connectivity index is 1.94. The van der Waals surface area contributed by atoms with Crippen molar-refractivity contribution in [2.24, 2.45) is 0 Å². The van der Waals surface area contributed by atoms with Gasteiger partial charge in [0, 0.05) is 22.6 Å². The van der Waals surface area contributed by atoms with Gasteiger partial charge in [0.25, 0.3) is 5.56 Å². The summed E-state index contributed by atoms with van der Waals surface area (Å²) in [4.78, 5) is 17.1. The van der Waals surface area contributed by atoms with E-state index in [9.17, 15) is 14.3 Å². The van der Waals surface area contributed by atoms with Crippen molar-refractivity contribution in [2.45, 2.75) is 0 Å². The molecular weight excluding hydrogens is 327 g/mol. The maximum Gasteiger partial charge on any atom is 0.275 e. The highest BCUT2D eigenvalue weighted by atomic mass is 32.1. The molecule has 2 aromatic heterocycles. The molecule has 4 rings (SSSR count). The molecule has 4 nitrogen and oxygen atoms in total. The first-order valence-electron chi connectivity index (χ1n) is 7.18. The first kappa shape index (κ1) is 14.6. The molecule has 0 spiro atoms. The zero-order valence-electron chi connectivity index (χ0n) is 12.3. The van der Waals surface area contributed by atoms with E-state index in [-0.39, 0.29) is 17.1 Å². The second-order valence-corrected chi connectivity index (χ2v) is 6.13. The lowest BCUT2D eigenvalue weighted by Gasteiger charge is -2.06. The third kappa shape index (κ3) is 2.28. The van der Waals surface area contributed by atoms with Crippen molar-refractivity contribution >= 4 is 21.6 Å². The fourth-order valence-corrected chi connectivity index (χ4v) is 3.55. The number of hydrogen-bond acceptors (Lipinski definition) is 4. The van der Waals surface area contributed by atoms with Crippen molar-refractivity contribution in [1.82, 2.24) is 9.55 Å². The van der Waals surface area contributed by atoms with Crippen LogP contribution in [0.15, 0.2) is 65.0 Å². The molecule has 0 fully saturated rings. The van der Waals surface area contributed by atoms with Crippen LogP contribution in [0.2, 0.25) is 0 Å². The Hall–Kier alpha value is -2.99. The van der Waals surface area contributed by atoms with Crippen molar-refractivity contribution in [3.63, 3.8) is 0 Å². The summed E-state index contributed by atoms with van der Waals surface area (Å²) in [6.45, 7) is 0. The van der Waals surface area contributed by atoms with Crippen LogP contribution in [-0.4, -0.2) is 14.7 Å². The maximum atomic E-state index is 14.0. The number of thiophene rings is 1. The lowest BCUT2D eigenvalue weighted by molar-refractivity contribution is 0.475. The molecular formula is C18H11FN2O2S. The van der Waals surface area contributed by atoms with Gasteiger partial charge in [0.05, 0.1) is 11.2 Å². The normalized spacial score (nSPS) is 11.0. The van der Waals surface area contributed by atoms with Crippen LogP contribution in [0.5, 0.6) is 5.75 Å². The first-order valence-corrected chi connectivity index (χ1v) is 8.06. The monoisotopic (exact) mass is 338 g/mol. The predicted octanol–water partition coefficient (Wildman–Crippen LogP) is 3.96. The van der Waals surface area contributed by atoms with Gasteiger partial charge in [0.1, 0.15) is 22.6 Å². The molecule has 0 bridgehead atoms. The summed E-state index contributed by atoms with van der Waals surface area (Å²) in [6, 6.07) is 12.8. The van der Waals surface area contributed by atoms with Crippen molar-refractivity contribution in [1.29, 1.82) is 0 Å². The van der Waals surface area contributed by atoms with Crippen molar-refractivity contribution in [2.75, 3.05) is 0 Å². The second-order valence-electron chi connectivity index (χ2n) is 5.25. The summed E-state index contributed by atoms with van der Waals surface area (Å²) in [5.41, 5.74) is 1.78. The lowest BCUT2D eigenvalue weighted by Crippen LogP contribution is -2.17. The van der Waals surface area contributed by atoms with E-state index in [2.05, 4.69) is 4.98 Å². The summed E-state index contributed by atoms with van der Waals surface area (Å²) in [6.07, 6.45) is 1.40. The molecule has 4 aromatic rings. The highest BCUT2D eigenvalue weighted by Crippen LogP contribution is 2.32. The van der Waals surface area contributed by atoms with Crippen LogP contribution in [0.25, 0.3) is 27.0 Å². The van der Waals surface area contributed by atoms with Crippen LogP contribution in [0.3, 0.4) is 0 Å². The fourth-order valence-electron chi connectivity index (χ4n) is 2.61. The van der Waals surface area contributed by atoms with Gasteiger partial charge in [-0.1, -0.05) is 24.3 Å². The Morgan fingerprint density at radius 3 is 2.71 bits per heavy atom. The third-order valence-corrected chi connectivity index (χ3v) is 4.71. The van der Waals surface area contributed by atoms with E-state index in [1.807, 2.05) is 0 Å². The minimum Gasteiger partial charge on any atom is -0.508 e. The minimum atomic E-state index is -0.351. The Labute approximate surface area is 140 Å². The molecule has 24 heavy (non-hydrogen) atoms. The summed E-state index contributed by atoms with van der Waals surface area (Å²) >= 11 is 1.23. The van der Waals surface area contributed by atoms with Gasteiger partial charge in [0.2, 0.25) is 0 Å². The molecule has 0 radical (unpaired) electrons. The number of aromatic nitrogens is 2. The van der Waals surface area contributed by atoms with E-state index in [4.69, 9.17) is 0 Å². The van der Waals surface area contributed by atoms with Crippen LogP contribution < -0.4 is 5.56 Å². The smallest absolute Gasteiger partial charge is 0.275 e. The van der Waals surface area contributed by atoms with Gasteiger partial charge in [-0.25, -0.2) is 9.37 Å². The van der Waals surface area contributed by atoms with E-state index >= 15 is 0 Å². The number of benzene rings is 2. The molecule has 0 saturated heterocycles. The zero-order chi connectivity index (χ0) is 16.7. The molecule has 0 amide bonds. The minimum absolute atomic E-state index is 0.0673. The molecule has 0 unspecified atom stereocenters. The van der Waals surface area contributed by atoms with Crippen molar-refractivity contribution in [3.05, 3.63) is 76.4 Å². The van der Waals surface area contributed by atoms with Crippen LogP contribution in [-0.2, 0) is 0 Å². The molecule has 2 aromatic carbocycles. The van der Waals surface area contributed by atoms with Crippen molar-refractivity contribution < 1.29 is 9.50 Å². The number of hydrogen-bond donors (Lipinski definition) is 1. The Kier molecular flexibility index (Phi) is 3.39. The molecule has 0 aliphatic rings. The highest BCUT2D eigenvalue weighted by molar-refractivity contribution is 7.17. The number of halogens is 1. The Morgan fingerprint density at radius 2 is 1.92 bits per heavy atom. The summed E-state index contributed by atoms with van der Waals surface area (Å²) < 4.78 is 15.8. The topological polar surface area (TPSA) is 55.1 Å². The molecule has 118 valence electrons. The van der Waals surface area contributed by atoms with E-state index in [0.717, 1.165) is 0 Å². The highest BCUT2D eigenvalue weighted by Gasteiger charge is 2.15. The number of rotatable bonds is 2. The summed E-state index contributed by atoms with van der Waals surface area (Å²) in [5.74, 6) is -0.283. The molecule has 6 heteroatoms. The number of fused-ring (bicyclic) bond motifs is 1. The number of phenolic OH excluding ortho intramolecular Hbond substituents is 1. The van der Waals surface area contributed by atoms with Crippen LogP contribution in [0.1, 0.15) is 0 Å². The van der Waals surface area contributed by atoms with Crippen LogP contribution >= 0.6 is 11.3 Å². The molecule has 0 saturated carbocycles. The van der Waals surface area contributed by atoms with Gasteiger partial charge in [-0.2, -0.15) is 0 Å². The maximum absolute atomic E-state index is 14.0. The van der Waals surface area contributed by atoms with E-state index in [1.165, 1.54) is 40.4 Å². The molecule has 2 heterocycles. The molecule has 0 aliphatic heterocycles. The quantitative estimate of drug-likeness (QED) is 0.602.